The fourth-order valence-electron chi connectivity index (χ4n) is 4.18. The Morgan fingerprint density at radius 1 is 1.25 bits per heavy atom. The van der Waals surface area contributed by atoms with E-state index in [1.165, 1.54) is 12.1 Å². The minimum atomic E-state index is -0.223. The largest absolute Gasteiger partial charge is 0.396 e. The summed E-state index contributed by atoms with van der Waals surface area (Å²) in [7, 11) is 0. The number of piperidine rings is 1. The van der Waals surface area contributed by atoms with Crippen LogP contribution in [0.5, 0.6) is 0 Å². The molecule has 2 N–H and O–H groups in total. The Bertz CT molecular complexity index is 555. The molecule has 1 aliphatic carbocycles. The van der Waals surface area contributed by atoms with E-state index in [-0.39, 0.29) is 29.8 Å². The molecule has 132 valence electrons. The molecule has 1 aromatic carbocycles. The number of halogens is 1. The Kier molecular flexibility index (Phi) is 5.39. The van der Waals surface area contributed by atoms with E-state index in [2.05, 4.69) is 5.32 Å². The first-order valence-electron chi connectivity index (χ1n) is 9.03. The maximum atomic E-state index is 13.2. The molecule has 3 rings (SSSR count). The van der Waals surface area contributed by atoms with E-state index >= 15 is 0 Å². The molecule has 1 atom stereocenters. The Morgan fingerprint density at radius 2 is 1.96 bits per heavy atom. The van der Waals surface area contributed by atoms with Crippen molar-refractivity contribution in [3.63, 3.8) is 0 Å². The molecule has 2 fully saturated rings. The summed E-state index contributed by atoms with van der Waals surface area (Å²) in [5.74, 6) is -0.0265. The van der Waals surface area contributed by atoms with Gasteiger partial charge in [-0.1, -0.05) is 25.0 Å². The number of urea groups is 1. The number of aliphatic hydroxyl groups is 1. The van der Waals surface area contributed by atoms with E-state index in [4.69, 9.17) is 0 Å². The predicted molar refractivity (Wildman–Crippen MR) is 91.3 cm³/mol. The fraction of sp³-hybridized carbons (Fsp3) is 0.632. The number of amides is 2. The molecule has 1 unspecified atom stereocenters. The van der Waals surface area contributed by atoms with Gasteiger partial charge in [0.15, 0.2) is 0 Å². The van der Waals surface area contributed by atoms with Gasteiger partial charge < -0.3 is 15.3 Å². The van der Waals surface area contributed by atoms with Gasteiger partial charge in [0.1, 0.15) is 5.82 Å². The standard InChI is InChI=1S/C19H27FN2O2/c20-17-7-5-16(6-8-17)19(9-1-2-10-19)14-21-18(24)22-11-3-4-15(12-22)13-23/h5-8,15,23H,1-4,9-14H2,(H,21,24). The van der Waals surface area contributed by atoms with Crippen LogP contribution in [0, 0.1) is 11.7 Å². The highest BCUT2D eigenvalue weighted by Gasteiger charge is 2.36. The maximum absolute atomic E-state index is 13.2. The van der Waals surface area contributed by atoms with Crippen LogP contribution in [0.15, 0.2) is 24.3 Å². The van der Waals surface area contributed by atoms with Crippen LogP contribution in [0.2, 0.25) is 0 Å². The van der Waals surface area contributed by atoms with Crippen LogP contribution < -0.4 is 5.32 Å². The maximum Gasteiger partial charge on any atom is 0.317 e. The molecular formula is C19H27FN2O2. The van der Waals surface area contributed by atoms with Gasteiger partial charge in [0.25, 0.3) is 0 Å². The van der Waals surface area contributed by atoms with E-state index in [0.717, 1.165) is 50.6 Å². The fourth-order valence-corrected chi connectivity index (χ4v) is 4.18. The summed E-state index contributed by atoms with van der Waals surface area (Å²) in [6, 6.07) is 6.69. The summed E-state index contributed by atoms with van der Waals surface area (Å²) >= 11 is 0. The van der Waals surface area contributed by atoms with Gasteiger partial charge >= 0.3 is 6.03 Å². The van der Waals surface area contributed by atoms with Crippen LogP contribution >= 0.6 is 0 Å². The summed E-state index contributed by atoms with van der Waals surface area (Å²) in [4.78, 5) is 14.3. The smallest absolute Gasteiger partial charge is 0.317 e. The third-order valence-electron chi connectivity index (χ3n) is 5.66. The topological polar surface area (TPSA) is 52.6 Å². The second-order valence-electron chi connectivity index (χ2n) is 7.29. The molecule has 0 spiro atoms. The predicted octanol–water partition coefficient (Wildman–Crippen LogP) is 3.05. The Balaban J connectivity index is 1.64. The van der Waals surface area contributed by atoms with E-state index in [1.54, 1.807) is 0 Å². The summed E-state index contributed by atoms with van der Waals surface area (Å²) in [6.45, 7) is 2.12. The number of hydrogen-bond donors (Lipinski definition) is 2. The molecule has 1 saturated carbocycles. The Labute approximate surface area is 143 Å². The van der Waals surface area contributed by atoms with Crippen molar-refractivity contribution >= 4 is 6.03 Å². The number of nitrogens with zero attached hydrogens (tertiary/aromatic N) is 1. The molecule has 0 radical (unpaired) electrons. The quantitative estimate of drug-likeness (QED) is 0.889. The summed E-state index contributed by atoms with van der Waals surface area (Å²) in [6.07, 6.45) is 6.27. The van der Waals surface area contributed by atoms with Crippen molar-refractivity contribution in [2.75, 3.05) is 26.2 Å². The number of carbonyl (C=O) groups excluding carboxylic acids is 1. The van der Waals surface area contributed by atoms with Crippen molar-refractivity contribution in [1.29, 1.82) is 0 Å². The number of nitrogens with one attached hydrogen (secondary N) is 1. The lowest BCUT2D eigenvalue weighted by Gasteiger charge is -2.34. The van der Waals surface area contributed by atoms with Crippen molar-refractivity contribution in [2.45, 2.75) is 43.9 Å². The van der Waals surface area contributed by atoms with Gasteiger partial charge in [0.05, 0.1) is 0 Å². The number of rotatable bonds is 4. The molecule has 0 aromatic heterocycles. The van der Waals surface area contributed by atoms with Crippen molar-refractivity contribution in [2.24, 2.45) is 5.92 Å². The zero-order valence-corrected chi connectivity index (χ0v) is 14.1. The third kappa shape index (κ3) is 3.72. The van der Waals surface area contributed by atoms with Crippen molar-refractivity contribution in [3.05, 3.63) is 35.6 Å². The number of likely N-dealkylation sites (tertiary alicyclic amines) is 1. The van der Waals surface area contributed by atoms with Gasteiger partial charge in [-0.2, -0.15) is 0 Å². The van der Waals surface area contributed by atoms with Gasteiger partial charge in [-0.25, -0.2) is 9.18 Å². The van der Waals surface area contributed by atoms with Gasteiger partial charge in [-0.15, -0.1) is 0 Å². The second-order valence-corrected chi connectivity index (χ2v) is 7.29. The van der Waals surface area contributed by atoms with Crippen LogP contribution in [0.1, 0.15) is 44.1 Å². The highest BCUT2D eigenvalue weighted by atomic mass is 19.1. The third-order valence-corrected chi connectivity index (χ3v) is 5.66. The number of hydrogen-bond acceptors (Lipinski definition) is 2. The van der Waals surface area contributed by atoms with Gasteiger partial charge in [0.2, 0.25) is 0 Å². The minimum absolute atomic E-state index is 0.0402. The molecular weight excluding hydrogens is 307 g/mol. The molecule has 2 amide bonds. The molecule has 4 nitrogen and oxygen atoms in total. The first-order chi connectivity index (χ1) is 11.6. The normalized spacial score (nSPS) is 23.2. The van der Waals surface area contributed by atoms with Crippen molar-refractivity contribution < 1.29 is 14.3 Å². The van der Waals surface area contributed by atoms with Gasteiger partial charge in [-0.3, -0.25) is 0 Å². The van der Waals surface area contributed by atoms with Crippen LogP contribution in [0.3, 0.4) is 0 Å². The average Bonchev–Trinajstić information content (AvgIpc) is 3.10. The molecule has 1 aromatic rings. The molecule has 1 saturated heterocycles. The number of aliphatic hydroxyl groups excluding tert-OH is 1. The van der Waals surface area contributed by atoms with E-state index < -0.39 is 0 Å². The highest BCUT2D eigenvalue weighted by molar-refractivity contribution is 5.74. The molecule has 24 heavy (non-hydrogen) atoms. The number of carbonyl (C=O) groups is 1. The van der Waals surface area contributed by atoms with Crippen molar-refractivity contribution in [1.82, 2.24) is 10.2 Å². The van der Waals surface area contributed by atoms with E-state index in [1.807, 2.05) is 17.0 Å². The lowest BCUT2D eigenvalue weighted by molar-refractivity contribution is 0.128. The first kappa shape index (κ1) is 17.2. The van der Waals surface area contributed by atoms with E-state index in [0.29, 0.717) is 13.1 Å². The molecule has 0 bridgehead atoms. The SMILES string of the molecule is O=C(NCC1(c2ccc(F)cc2)CCCC1)N1CCCC(CO)C1. The van der Waals surface area contributed by atoms with Crippen molar-refractivity contribution in [3.8, 4) is 0 Å². The molecule has 1 heterocycles. The Morgan fingerprint density at radius 3 is 2.62 bits per heavy atom. The lowest BCUT2D eigenvalue weighted by atomic mass is 9.79. The average molecular weight is 334 g/mol. The zero-order valence-electron chi connectivity index (χ0n) is 14.1. The monoisotopic (exact) mass is 334 g/mol. The molecule has 5 heteroatoms. The second kappa shape index (κ2) is 7.51. The van der Waals surface area contributed by atoms with Crippen LogP contribution in [0.25, 0.3) is 0 Å². The minimum Gasteiger partial charge on any atom is -0.396 e. The van der Waals surface area contributed by atoms with Gasteiger partial charge in [-0.05, 0) is 49.3 Å². The molecule has 2 aliphatic rings. The summed E-state index contributed by atoms with van der Waals surface area (Å²) in [5.41, 5.74) is 1.05. The highest BCUT2D eigenvalue weighted by Crippen LogP contribution is 2.40. The Hall–Kier alpha value is -1.62. The molecule has 1 aliphatic heterocycles. The zero-order chi connectivity index (χ0) is 17.0. The van der Waals surface area contributed by atoms with Crippen LogP contribution in [-0.2, 0) is 5.41 Å². The summed E-state index contributed by atoms with van der Waals surface area (Å²) < 4.78 is 13.2. The number of benzene rings is 1. The lowest BCUT2D eigenvalue weighted by Crippen LogP contribution is -2.49. The van der Waals surface area contributed by atoms with Gasteiger partial charge in [0, 0.05) is 31.7 Å². The first-order valence-corrected chi connectivity index (χ1v) is 9.03. The van der Waals surface area contributed by atoms with Crippen LogP contribution in [-0.4, -0.2) is 42.3 Å². The van der Waals surface area contributed by atoms with E-state index in [9.17, 15) is 14.3 Å². The van der Waals surface area contributed by atoms with Crippen LogP contribution in [0.4, 0.5) is 9.18 Å². The summed E-state index contributed by atoms with van der Waals surface area (Å²) in [5, 5.41) is 12.4.